The van der Waals surface area contributed by atoms with Crippen LogP contribution >= 0.6 is 0 Å². The van der Waals surface area contributed by atoms with Gasteiger partial charge in [-0.25, -0.2) is 13.8 Å². The topological polar surface area (TPSA) is 68.0 Å². The van der Waals surface area contributed by atoms with Crippen molar-refractivity contribution in [1.82, 2.24) is 4.98 Å². The van der Waals surface area contributed by atoms with Crippen molar-refractivity contribution >= 4 is 17.4 Å². The highest BCUT2D eigenvalue weighted by Gasteiger charge is 2.48. The van der Waals surface area contributed by atoms with Gasteiger partial charge in [-0.3, -0.25) is 4.79 Å². The van der Waals surface area contributed by atoms with Gasteiger partial charge in [-0.15, -0.1) is 0 Å². The summed E-state index contributed by atoms with van der Waals surface area (Å²) >= 11 is 0. The smallest absolute Gasteiger partial charge is 0.383 e. The highest BCUT2D eigenvalue weighted by atomic mass is 19.3. The molecule has 0 bridgehead atoms. The van der Waals surface area contributed by atoms with Gasteiger partial charge < -0.3 is 11.1 Å². The molecule has 0 aliphatic heterocycles. The monoisotopic (exact) mass is 237 g/mol. The fourth-order valence-corrected chi connectivity index (χ4v) is 0.793. The lowest BCUT2D eigenvalue weighted by Gasteiger charge is -2.14. The van der Waals surface area contributed by atoms with Gasteiger partial charge in [0.1, 0.15) is 5.82 Å². The third kappa shape index (κ3) is 2.59. The molecular formula is C8H7F4N3O. The van der Waals surface area contributed by atoms with Gasteiger partial charge in [-0.2, -0.15) is 8.78 Å². The Balaban J connectivity index is 2.75. The van der Waals surface area contributed by atoms with Crippen LogP contribution in [0.5, 0.6) is 0 Å². The van der Waals surface area contributed by atoms with Gasteiger partial charge in [0, 0.05) is 0 Å². The number of amides is 1. The van der Waals surface area contributed by atoms with E-state index in [2.05, 4.69) is 4.98 Å². The molecule has 1 rings (SSSR count). The number of nitrogen functional groups attached to an aromatic ring is 1. The summed E-state index contributed by atoms with van der Waals surface area (Å²) in [5.41, 5.74) is 5.06. The molecule has 1 heterocycles. The number of aromatic nitrogens is 1. The van der Waals surface area contributed by atoms with Crippen molar-refractivity contribution in [1.29, 1.82) is 0 Å². The van der Waals surface area contributed by atoms with Crippen LogP contribution in [0, 0.1) is 0 Å². The maximum absolute atomic E-state index is 12.5. The first-order chi connectivity index (χ1) is 7.34. The van der Waals surface area contributed by atoms with Crippen LogP contribution in [0.2, 0.25) is 0 Å². The van der Waals surface area contributed by atoms with Crippen molar-refractivity contribution in [2.24, 2.45) is 0 Å². The molecular weight excluding hydrogens is 230 g/mol. The van der Waals surface area contributed by atoms with Gasteiger partial charge in [0.05, 0.1) is 11.9 Å². The Hall–Kier alpha value is -1.86. The molecule has 8 heteroatoms. The number of hydrogen-bond donors (Lipinski definition) is 2. The van der Waals surface area contributed by atoms with Crippen molar-refractivity contribution in [2.45, 2.75) is 12.3 Å². The quantitative estimate of drug-likeness (QED) is 0.783. The molecule has 0 radical (unpaired) electrons. The van der Waals surface area contributed by atoms with Gasteiger partial charge in [0.15, 0.2) is 0 Å². The molecule has 16 heavy (non-hydrogen) atoms. The summed E-state index contributed by atoms with van der Waals surface area (Å²) in [7, 11) is 0. The molecule has 1 aromatic heterocycles. The van der Waals surface area contributed by atoms with E-state index in [0.717, 1.165) is 6.20 Å². The van der Waals surface area contributed by atoms with Gasteiger partial charge in [-0.05, 0) is 12.1 Å². The fraction of sp³-hybridized carbons (Fsp3) is 0.250. The zero-order valence-electron chi connectivity index (χ0n) is 7.75. The third-order valence-electron chi connectivity index (χ3n) is 1.62. The Morgan fingerprint density at radius 1 is 1.44 bits per heavy atom. The SMILES string of the molecule is Nc1ccc(NC(=O)C(F)(F)C(F)F)cn1. The van der Waals surface area contributed by atoms with Crippen LogP contribution < -0.4 is 11.1 Å². The van der Waals surface area contributed by atoms with E-state index in [1.165, 1.54) is 12.1 Å². The van der Waals surface area contributed by atoms with Crippen LogP contribution in [-0.2, 0) is 4.79 Å². The second kappa shape index (κ2) is 4.33. The molecule has 0 spiro atoms. The van der Waals surface area contributed by atoms with Gasteiger partial charge in [0.2, 0.25) is 0 Å². The van der Waals surface area contributed by atoms with Gasteiger partial charge in [-0.1, -0.05) is 0 Å². The van der Waals surface area contributed by atoms with E-state index in [1.54, 1.807) is 5.32 Å². The Morgan fingerprint density at radius 3 is 2.50 bits per heavy atom. The van der Waals surface area contributed by atoms with Crippen molar-refractivity contribution in [3.8, 4) is 0 Å². The number of nitrogens with zero attached hydrogens (tertiary/aromatic N) is 1. The number of rotatable bonds is 3. The van der Waals surface area contributed by atoms with Crippen molar-refractivity contribution in [3.05, 3.63) is 18.3 Å². The van der Waals surface area contributed by atoms with E-state index >= 15 is 0 Å². The summed E-state index contributed by atoms with van der Waals surface area (Å²) in [5, 5.41) is 1.60. The zero-order valence-corrected chi connectivity index (χ0v) is 7.75. The number of anilines is 2. The molecule has 0 fully saturated rings. The summed E-state index contributed by atoms with van der Waals surface area (Å²) in [6, 6.07) is 2.40. The maximum Gasteiger partial charge on any atom is 0.383 e. The highest BCUT2D eigenvalue weighted by Crippen LogP contribution is 2.24. The summed E-state index contributed by atoms with van der Waals surface area (Å²) in [5.74, 6) is -6.71. The van der Waals surface area contributed by atoms with Crippen LogP contribution in [0.4, 0.5) is 29.1 Å². The normalized spacial score (nSPS) is 11.6. The average Bonchev–Trinajstić information content (AvgIpc) is 2.21. The zero-order chi connectivity index (χ0) is 12.3. The van der Waals surface area contributed by atoms with E-state index in [1.807, 2.05) is 0 Å². The number of nitrogens with one attached hydrogen (secondary N) is 1. The molecule has 0 aromatic carbocycles. The van der Waals surface area contributed by atoms with Crippen molar-refractivity contribution < 1.29 is 22.4 Å². The molecule has 0 saturated heterocycles. The van der Waals surface area contributed by atoms with Crippen LogP contribution in [0.25, 0.3) is 0 Å². The number of alkyl halides is 4. The third-order valence-corrected chi connectivity index (χ3v) is 1.62. The lowest BCUT2D eigenvalue weighted by Crippen LogP contribution is -2.41. The van der Waals surface area contributed by atoms with Crippen LogP contribution in [0.3, 0.4) is 0 Å². The Kier molecular flexibility index (Phi) is 3.31. The predicted molar refractivity (Wildman–Crippen MR) is 48.2 cm³/mol. The Labute approximate surface area is 87.5 Å². The molecule has 0 saturated carbocycles. The Morgan fingerprint density at radius 2 is 2.06 bits per heavy atom. The predicted octanol–water partition coefficient (Wildman–Crippen LogP) is 1.50. The molecule has 3 N–H and O–H groups in total. The van der Waals surface area contributed by atoms with Crippen molar-refractivity contribution in [2.75, 3.05) is 11.1 Å². The van der Waals surface area contributed by atoms with E-state index < -0.39 is 18.3 Å². The maximum atomic E-state index is 12.5. The first-order valence-electron chi connectivity index (χ1n) is 4.03. The van der Waals surface area contributed by atoms with Gasteiger partial charge in [0.25, 0.3) is 0 Å². The molecule has 1 aromatic rings. The van der Waals surface area contributed by atoms with Crippen LogP contribution in [0.1, 0.15) is 0 Å². The first-order valence-corrected chi connectivity index (χ1v) is 4.03. The standard InChI is InChI=1S/C8H7F4N3O/c9-6(10)8(11,12)7(16)15-4-1-2-5(13)14-3-4/h1-3,6H,(H2,13,14)(H,15,16). The molecule has 0 unspecified atom stereocenters. The fourth-order valence-electron chi connectivity index (χ4n) is 0.793. The van der Waals surface area contributed by atoms with E-state index in [-0.39, 0.29) is 11.5 Å². The number of carbonyl (C=O) groups excluding carboxylic acids is 1. The van der Waals surface area contributed by atoms with E-state index in [9.17, 15) is 22.4 Å². The van der Waals surface area contributed by atoms with E-state index in [0.29, 0.717) is 0 Å². The molecule has 0 aliphatic rings. The largest absolute Gasteiger partial charge is 0.384 e. The lowest BCUT2D eigenvalue weighted by atomic mass is 10.3. The molecule has 0 atom stereocenters. The number of pyridine rings is 1. The number of carbonyl (C=O) groups is 1. The second-order valence-corrected chi connectivity index (χ2v) is 2.85. The average molecular weight is 237 g/mol. The van der Waals surface area contributed by atoms with E-state index in [4.69, 9.17) is 5.73 Å². The second-order valence-electron chi connectivity index (χ2n) is 2.85. The minimum Gasteiger partial charge on any atom is -0.384 e. The van der Waals surface area contributed by atoms with Crippen LogP contribution in [0.15, 0.2) is 18.3 Å². The van der Waals surface area contributed by atoms with Crippen molar-refractivity contribution in [3.63, 3.8) is 0 Å². The lowest BCUT2D eigenvalue weighted by molar-refractivity contribution is -0.163. The molecule has 1 amide bonds. The van der Waals surface area contributed by atoms with Gasteiger partial charge >= 0.3 is 18.3 Å². The molecule has 88 valence electrons. The highest BCUT2D eigenvalue weighted by molar-refractivity contribution is 5.96. The minimum absolute atomic E-state index is 0.110. The molecule has 4 nitrogen and oxygen atoms in total. The summed E-state index contributed by atoms with van der Waals surface area (Å²) in [6.07, 6.45) is -3.08. The Bertz CT molecular complexity index is 379. The summed E-state index contributed by atoms with van der Waals surface area (Å²) in [6.45, 7) is 0. The summed E-state index contributed by atoms with van der Waals surface area (Å²) < 4.78 is 48.6. The van der Waals surface area contributed by atoms with Crippen LogP contribution in [-0.4, -0.2) is 23.2 Å². The first kappa shape index (κ1) is 12.2. The number of nitrogens with two attached hydrogens (primary N) is 1. The number of halogens is 4. The number of hydrogen-bond acceptors (Lipinski definition) is 3. The summed E-state index contributed by atoms with van der Waals surface area (Å²) in [4.78, 5) is 14.3. The molecule has 0 aliphatic carbocycles. The minimum atomic E-state index is -4.73.